The number of ether oxygens (including phenoxy) is 1. The molecule has 1 aliphatic carbocycles. The first-order valence-electron chi connectivity index (χ1n) is 9.86. The first-order chi connectivity index (χ1) is 12.0. The maximum absolute atomic E-state index is 9.70. The number of rotatable bonds is 8. The SMILES string of the molecule is CC(C)S(=O)[O-].CCCCCCc1ccc(OC2CCCCC2)cc1. The molecule has 1 aromatic rings. The van der Waals surface area contributed by atoms with Gasteiger partial charge in [0.2, 0.25) is 0 Å². The first-order valence-corrected chi connectivity index (χ1v) is 11.0. The zero-order chi connectivity index (χ0) is 18.5. The van der Waals surface area contributed by atoms with Gasteiger partial charge in [-0.25, -0.2) is 0 Å². The topological polar surface area (TPSA) is 49.4 Å². The van der Waals surface area contributed by atoms with Gasteiger partial charge in [0.1, 0.15) is 5.75 Å². The Morgan fingerprint density at radius 3 is 2.20 bits per heavy atom. The van der Waals surface area contributed by atoms with Crippen molar-refractivity contribution in [1.82, 2.24) is 0 Å². The highest BCUT2D eigenvalue weighted by Crippen LogP contribution is 2.23. The van der Waals surface area contributed by atoms with Crippen molar-refractivity contribution in [3.63, 3.8) is 0 Å². The molecule has 0 amide bonds. The molecule has 0 aromatic heterocycles. The van der Waals surface area contributed by atoms with E-state index in [1.165, 1.54) is 69.8 Å². The van der Waals surface area contributed by atoms with Crippen molar-refractivity contribution in [2.75, 3.05) is 0 Å². The molecule has 1 saturated carbocycles. The molecule has 1 aliphatic rings. The van der Waals surface area contributed by atoms with Crippen LogP contribution in [0.3, 0.4) is 0 Å². The van der Waals surface area contributed by atoms with Crippen LogP contribution in [-0.4, -0.2) is 20.1 Å². The fourth-order valence-electron chi connectivity index (χ4n) is 2.87. The highest BCUT2D eigenvalue weighted by molar-refractivity contribution is 7.79. The minimum Gasteiger partial charge on any atom is -0.772 e. The van der Waals surface area contributed by atoms with Crippen molar-refractivity contribution in [3.8, 4) is 5.75 Å². The van der Waals surface area contributed by atoms with Gasteiger partial charge < -0.3 is 9.29 Å². The van der Waals surface area contributed by atoms with E-state index in [2.05, 4.69) is 31.2 Å². The number of hydrogen-bond acceptors (Lipinski definition) is 3. The molecule has 1 aromatic carbocycles. The summed E-state index contributed by atoms with van der Waals surface area (Å²) >= 11 is -1.87. The van der Waals surface area contributed by atoms with E-state index in [1.54, 1.807) is 13.8 Å². The standard InChI is InChI=1S/C18H28O.C3H8O2S/c1-2-3-4-6-9-16-12-14-18(15-13-16)19-17-10-7-5-8-11-17;1-3(2)6(4)5/h12-15,17H,2-11H2,1H3;3H,1-2H3,(H,4,5)/p-1. The second kappa shape index (κ2) is 13.3. The molecule has 4 heteroatoms. The molecule has 0 saturated heterocycles. The third-order valence-corrected chi connectivity index (χ3v) is 5.25. The fraction of sp³-hybridized carbons (Fsp3) is 0.714. The summed E-state index contributed by atoms with van der Waals surface area (Å²) in [5.41, 5.74) is 1.45. The van der Waals surface area contributed by atoms with Crippen LogP contribution in [0.15, 0.2) is 24.3 Å². The minimum atomic E-state index is -1.87. The lowest BCUT2D eigenvalue weighted by Gasteiger charge is -2.23. The highest BCUT2D eigenvalue weighted by Gasteiger charge is 2.14. The number of unbranched alkanes of at least 4 members (excludes halogenated alkanes) is 3. The lowest BCUT2D eigenvalue weighted by Crippen LogP contribution is -2.19. The Balaban J connectivity index is 0.000000450. The summed E-state index contributed by atoms with van der Waals surface area (Å²) in [6.07, 6.45) is 13.5. The van der Waals surface area contributed by atoms with Crippen LogP contribution in [0.5, 0.6) is 5.75 Å². The van der Waals surface area contributed by atoms with Crippen LogP contribution in [0.1, 0.15) is 84.1 Å². The van der Waals surface area contributed by atoms with E-state index >= 15 is 0 Å². The van der Waals surface area contributed by atoms with Crippen molar-refractivity contribution in [2.24, 2.45) is 0 Å². The molecule has 25 heavy (non-hydrogen) atoms. The molecule has 1 fully saturated rings. The monoisotopic (exact) mass is 367 g/mol. The molecule has 1 unspecified atom stereocenters. The van der Waals surface area contributed by atoms with Gasteiger partial charge in [-0.2, -0.15) is 0 Å². The van der Waals surface area contributed by atoms with Crippen molar-refractivity contribution < 1.29 is 13.5 Å². The summed E-state index contributed by atoms with van der Waals surface area (Å²) in [6, 6.07) is 8.79. The van der Waals surface area contributed by atoms with Gasteiger partial charge >= 0.3 is 0 Å². The fourth-order valence-corrected chi connectivity index (χ4v) is 2.87. The third-order valence-electron chi connectivity index (χ3n) is 4.48. The summed E-state index contributed by atoms with van der Waals surface area (Å²) in [4.78, 5) is 0. The summed E-state index contributed by atoms with van der Waals surface area (Å²) in [7, 11) is 0. The lowest BCUT2D eigenvalue weighted by molar-refractivity contribution is 0.155. The van der Waals surface area contributed by atoms with E-state index in [9.17, 15) is 8.76 Å². The van der Waals surface area contributed by atoms with E-state index in [4.69, 9.17) is 4.74 Å². The van der Waals surface area contributed by atoms with E-state index < -0.39 is 11.1 Å². The van der Waals surface area contributed by atoms with Gasteiger partial charge in [0.25, 0.3) is 0 Å². The maximum atomic E-state index is 9.70. The molecule has 0 radical (unpaired) electrons. The van der Waals surface area contributed by atoms with Crippen LogP contribution >= 0.6 is 0 Å². The summed E-state index contributed by atoms with van der Waals surface area (Å²) in [5, 5.41) is -0.231. The van der Waals surface area contributed by atoms with Gasteiger partial charge in [0.15, 0.2) is 0 Å². The first kappa shape index (κ1) is 22.2. The summed E-state index contributed by atoms with van der Waals surface area (Å²) in [5.74, 6) is 1.06. The van der Waals surface area contributed by atoms with Gasteiger partial charge in [-0.3, -0.25) is 4.21 Å². The molecule has 144 valence electrons. The number of benzene rings is 1. The van der Waals surface area contributed by atoms with Crippen LogP contribution in [0.25, 0.3) is 0 Å². The van der Waals surface area contributed by atoms with Gasteiger partial charge in [-0.1, -0.05) is 69.7 Å². The molecule has 0 spiro atoms. The Bertz CT molecular complexity index is 465. The normalized spacial score (nSPS) is 16.2. The second-order valence-electron chi connectivity index (χ2n) is 7.14. The predicted octanol–water partition coefficient (Wildman–Crippen LogP) is 5.79. The van der Waals surface area contributed by atoms with E-state index in [0.717, 1.165) is 5.75 Å². The molecular formula is C21H35O3S-. The van der Waals surface area contributed by atoms with E-state index in [0.29, 0.717) is 6.10 Å². The third kappa shape index (κ3) is 10.7. The number of hydrogen-bond donors (Lipinski definition) is 0. The van der Waals surface area contributed by atoms with E-state index in [1.807, 2.05) is 0 Å². The lowest BCUT2D eigenvalue weighted by atomic mass is 9.98. The van der Waals surface area contributed by atoms with Crippen molar-refractivity contribution in [2.45, 2.75) is 96.3 Å². The van der Waals surface area contributed by atoms with Gasteiger partial charge in [0.05, 0.1) is 6.10 Å². The Labute approximate surface area is 156 Å². The molecular weight excluding hydrogens is 332 g/mol. The number of aryl methyl sites for hydroxylation is 1. The molecule has 0 aliphatic heterocycles. The smallest absolute Gasteiger partial charge is 0.119 e. The summed E-state index contributed by atoms with van der Waals surface area (Å²) in [6.45, 7) is 5.52. The van der Waals surface area contributed by atoms with Crippen molar-refractivity contribution in [1.29, 1.82) is 0 Å². The van der Waals surface area contributed by atoms with Crippen molar-refractivity contribution in [3.05, 3.63) is 29.8 Å². The highest BCUT2D eigenvalue weighted by atomic mass is 32.2. The second-order valence-corrected chi connectivity index (χ2v) is 8.61. The summed E-state index contributed by atoms with van der Waals surface area (Å²) < 4.78 is 25.5. The van der Waals surface area contributed by atoms with E-state index in [-0.39, 0.29) is 5.25 Å². The Morgan fingerprint density at radius 2 is 1.68 bits per heavy atom. The van der Waals surface area contributed by atoms with Gasteiger partial charge in [-0.15, -0.1) is 0 Å². The molecule has 1 atom stereocenters. The Morgan fingerprint density at radius 1 is 1.08 bits per heavy atom. The van der Waals surface area contributed by atoms with Gasteiger partial charge in [-0.05, 0) is 56.2 Å². The molecule has 0 bridgehead atoms. The average molecular weight is 368 g/mol. The predicted molar refractivity (Wildman–Crippen MR) is 106 cm³/mol. The zero-order valence-corrected chi connectivity index (χ0v) is 17.0. The van der Waals surface area contributed by atoms with Crippen molar-refractivity contribution >= 4 is 11.1 Å². The molecule has 0 heterocycles. The maximum Gasteiger partial charge on any atom is 0.119 e. The van der Waals surface area contributed by atoms with Crippen LogP contribution in [0.4, 0.5) is 0 Å². The largest absolute Gasteiger partial charge is 0.772 e. The molecule has 0 N–H and O–H groups in total. The Hall–Kier alpha value is -0.870. The average Bonchev–Trinajstić information content (AvgIpc) is 2.61. The van der Waals surface area contributed by atoms with Crippen LogP contribution in [-0.2, 0) is 17.5 Å². The quantitative estimate of drug-likeness (QED) is 0.431. The molecule has 3 nitrogen and oxygen atoms in total. The zero-order valence-electron chi connectivity index (χ0n) is 16.2. The minimum absolute atomic E-state index is 0.231. The van der Waals surface area contributed by atoms with Crippen LogP contribution in [0.2, 0.25) is 0 Å². The van der Waals surface area contributed by atoms with Gasteiger partial charge in [0, 0.05) is 5.25 Å². The Kier molecular flexibility index (Phi) is 11.8. The van der Waals surface area contributed by atoms with Crippen LogP contribution in [0, 0.1) is 0 Å². The van der Waals surface area contributed by atoms with Crippen LogP contribution < -0.4 is 4.74 Å². The molecule has 2 rings (SSSR count).